The smallest absolute Gasteiger partial charge is 0.326 e. The molecular formula is C56H53N15O10S6. The topological polar surface area (TPSA) is 341 Å². The molecule has 0 aliphatic carbocycles. The number of thiazole rings is 6. The number of aryl methyl sites for hydroxylation is 1. The molecule has 7 N–H and O–H groups in total. The van der Waals surface area contributed by atoms with Gasteiger partial charge in [0, 0.05) is 58.9 Å². The maximum atomic E-state index is 14.4. The van der Waals surface area contributed by atoms with Crippen molar-refractivity contribution in [2.75, 3.05) is 27.2 Å². The SMILES string of the molecule is CNC(=O)C[C@@H]1NC(=O)c2csc(n2)-c2ccc(-c3nc(-n4cnc(C(=O)N5CCC[C@@H]5C(=O)O)c4)cs3)nc2-c2csc(n2)-c2csc(n2)[C@H]([C@@H](O)c2ccccc2)NC(=O)CNC(=O)c2nc(sc2COC)[C@H](C(C)C)NC(=O)c2nc1sc2C. The van der Waals surface area contributed by atoms with Crippen LogP contribution in [0.4, 0.5) is 0 Å². The molecular weight excluding hydrogens is 1240 g/mol. The second-order valence-electron chi connectivity index (χ2n) is 20.3. The van der Waals surface area contributed by atoms with Gasteiger partial charge in [-0.3, -0.25) is 33.3 Å². The van der Waals surface area contributed by atoms with Crippen molar-refractivity contribution in [1.29, 1.82) is 0 Å². The number of carbonyl (C=O) groups is 7. The standard InChI is InChI=1S/C56H53N15O10S6/c1-25(2)40-54-69-43(36(87-54)19-81-5)47(76)58-17-39(73)66-44(45(74)27-10-7-6-8-11-27)53-64-34(22-84-53)51-62-32(20-83-51)42-28(49-63-33(21-82-49)46(75)61-30(16-38(72)57-4)52-68-41(26(3)86-52)48(77)67-40)13-14-29(60-42)50-65-37(23-85-50)70-18-31(59-24-70)55(78)71-15-9-12-35(71)56(79)80/h6-8,10-11,13-14,18,20-25,30,35,40,44-45,74H,9,12,15-17,19H2,1-5H3,(H,57,72)(H,58,76)(H,61,75)(H,66,73)(H,67,77)(H,79,80)/t30-,35+,40-,44-,45-/m0/s1. The molecule has 448 valence electrons. The Labute approximate surface area is 519 Å². The van der Waals surface area contributed by atoms with Gasteiger partial charge in [0.1, 0.15) is 100 Å². The third-order valence-corrected chi connectivity index (χ3v) is 19.8. The molecule has 1 aromatic carbocycles. The number of rotatable bonds is 11. The molecule has 1 fully saturated rings. The minimum Gasteiger partial charge on any atom is -0.480 e. The van der Waals surface area contributed by atoms with Gasteiger partial charge in [0.15, 0.2) is 0 Å². The van der Waals surface area contributed by atoms with Crippen molar-refractivity contribution in [3.8, 4) is 49.2 Å². The molecule has 25 nitrogen and oxygen atoms in total. The van der Waals surface area contributed by atoms with Gasteiger partial charge in [-0.05, 0) is 43.4 Å². The van der Waals surface area contributed by atoms with Crippen LogP contribution in [0.1, 0.15) is 130 Å². The zero-order valence-corrected chi connectivity index (χ0v) is 51.7. The summed E-state index contributed by atoms with van der Waals surface area (Å²) in [6.45, 7) is 5.25. The highest BCUT2D eigenvalue weighted by Crippen LogP contribution is 2.40. The lowest BCUT2D eigenvalue weighted by Crippen LogP contribution is -2.40. The number of carbonyl (C=O) groups excluding carboxylic acids is 6. The monoisotopic (exact) mass is 1290 g/mol. The van der Waals surface area contributed by atoms with Gasteiger partial charge in [-0.15, -0.1) is 68.0 Å². The number of aromatic nitrogens is 9. The lowest BCUT2D eigenvalue weighted by molar-refractivity contribution is -0.141. The second kappa shape index (κ2) is 25.9. The van der Waals surface area contributed by atoms with E-state index in [-0.39, 0.29) is 46.7 Å². The van der Waals surface area contributed by atoms with Crippen LogP contribution in [0.3, 0.4) is 0 Å². The summed E-state index contributed by atoms with van der Waals surface area (Å²) in [6, 6.07) is 8.55. The number of hydrogen-bond acceptors (Lipinski definition) is 23. The first-order chi connectivity index (χ1) is 41.9. The molecule has 87 heavy (non-hydrogen) atoms. The highest BCUT2D eigenvalue weighted by molar-refractivity contribution is 7.15. The predicted molar refractivity (Wildman–Crippen MR) is 326 cm³/mol. The number of amides is 6. The number of methoxy groups -OCH3 is 1. The van der Waals surface area contributed by atoms with Gasteiger partial charge in [-0.2, -0.15) is 0 Å². The number of imidazole rings is 1. The number of likely N-dealkylation sites (tertiary alicyclic amines) is 1. The van der Waals surface area contributed by atoms with Crippen LogP contribution in [0.2, 0.25) is 0 Å². The fourth-order valence-electron chi connectivity index (χ4n) is 9.67. The van der Waals surface area contributed by atoms with Crippen LogP contribution in [0.5, 0.6) is 0 Å². The summed E-state index contributed by atoms with van der Waals surface area (Å²) in [5.74, 6) is -4.30. The van der Waals surface area contributed by atoms with E-state index in [9.17, 15) is 43.8 Å². The summed E-state index contributed by atoms with van der Waals surface area (Å²) >= 11 is 7.20. The Balaban J connectivity index is 0.975. The average molecular weight is 1290 g/mol. The molecule has 0 unspecified atom stereocenters. The lowest BCUT2D eigenvalue weighted by Gasteiger charge is -2.23. The van der Waals surface area contributed by atoms with Crippen LogP contribution < -0.4 is 26.6 Å². The van der Waals surface area contributed by atoms with Gasteiger partial charge < -0.3 is 46.4 Å². The van der Waals surface area contributed by atoms with Gasteiger partial charge in [0.05, 0.1) is 42.2 Å². The van der Waals surface area contributed by atoms with Gasteiger partial charge in [0.25, 0.3) is 23.6 Å². The van der Waals surface area contributed by atoms with E-state index < -0.39 is 78.2 Å². The van der Waals surface area contributed by atoms with Crippen LogP contribution in [0.25, 0.3) is 49.2 Å². The summed E-state index contributed by atoms with van der Waals surface area (Å²) in [4.78, 5) is 136. The number of aliphatic carboxylic acids is 1. The van der Waals surface area contributed by atoms with E-state index in [4.69, 9.17) is 39.6 Å². The minimum absolute atomic E-state index is 0.00267. The molecule has 0 radical (unpaired) electrons. The first kappa shape index (κ1) is 60.3. The molecule has 6 amide bonds. The molecule has 11 rings (SSSR count). The van der Waals surface area contributed by atoms with Crippen LogP contribution >= 0.6 is 68.0 Å². The molecule has 10 bridgehead atoms. The van der Waals surface area contributed by atoms with Gasteiger partial charge >= 0.3 is 5.97 Å². The Morgan fingerprint density at radius 3 is 2.25 bits per heavy atom. The second-order valence-corrected chi connectivity index (χ2v) is 26.1. The number of aliphatic hydroxyl groups is 1. The van der Waals surface area contributed by atoms with Crippen molar-refractivity contribution in [3.05, 3.63) is 130 Å². The van der Waals surface area contributed by atoms with E-state index in [2.05, 4.69) is 31.6 Å². The van der Waals surface area contributed by atoms with Crippen LogP contribution in [0.15, 0.2) is 76.5 Å². The zero-order valence-electron chi connectivity index (χ0n) is 46.8. The summed E-state index contributed by atoms with van der Waals surface area (Å²) in [6.07, 6.45) is 2.35. The molecule has 5 atom stereocenters. The number of nitrogens with zero attached hydrogens (tertiary/aromatic N) is 10. The zero-order chi connectivity index (χ0) is 61.2. The van der Waals surface area contributed by atoms with E-state index in [0.29, 0.717) is 93.9 Å². The number of benzene rings is 1. The number of carboxylic acid groups (broad SMARTS) is 1. The molecule has 9 aromatic rings. The molecule has 8 aromatic heterocycles. The molecule has 2 aliphatic heterocycles. The molecule has 0 spiro atoms. The number of fused-ring (bicyclic) bond motifs is 14. The van der Waals surface area contributed by atoms with Crippen molar-refractivity contribution in [2.24, 2.45) is 5.92 Å². The average Bonchev–Trinajstić information content (AvgIpc) is 2.71. The van der Waals surface area contributed by atoms with Crippen molar-refractivity contribution in [2.45, 2.75) is 76.9 Å². The number of carboxylic acids is 1. The number of hydrogen-bond donors (Lipinski definition) is 7. The first-order valence-electron chi connectivity index (χ1n) is 27.0. The number of pyridine rings is 1. The number of ether oxygens (including phenoxy) is 1. The Hall–Kier alpha value is -8.43. The highest BCUT2D eigenvalue weighted by Gasteiger charge is 2.36. The number of aliphatic hydroxyl groups excluding tert-OH is 1. The van der Waals surface area contributed by atoms with E-state index in [1.807, 2.05) is 13.8 Å². The maximum absolute atomic E-state index is 14.4. The fraction of sp³-hybridized carbons (Fsp3) is 0.304. The van der Waals surface area contributed by atoms with E-state index >= 15 is 0 Å². The normalized spacial score (nSPS) is 17.9. The number of nitrogens with one attached hydrogen (secondary N) is 5. The third-order valence-electron chi connectivity index (χ3n) is 14.1. The molecule has 31 heteroatoms. The predicted octanol–water partition coefficient (Wildman–Crippen LogP) is 7.19. The van der Waals surface area contributed by atoms with Crippen molar-refractivity contribution >= 4 is 109 Å². The highest BCUT2D eigenvalue weighted by atomic mass is 32.1. The van der Waals surface area contributed by atoms with Gasteiger partial charge in [0.2, 0.25) is 11.8 Å². The molecule has 2 aliphatic rings. The Morgan fingerprint density at radius 1 is 0.747 bits per heavy atom. The first-order valence-corrected chi connectivity index (χ1v) is 32.1. The third kappa shape index (κ3) is 12.9. The maximum Gasteiger partial charge on any atom is 0.326 e. The minimum atomic E-state index is -1.29. The van der Waals surface area contributed by atoms with Crippen molar-refractivity contribution in [3.63, 3.8) is 0 Å². The quantitative estimate of drug-likeness (QED) is 0.0673. The fourth-order valence-corrected chi connectivity index (χ4v) is 15.2. The Morgan fingerprint density at radius 2 is 1.48 bits per heavy atom. The molecule has 0 saturated carbocycles. The summed E-state index contributed by atoms with van der Waals surface area (Å²) in [5, 5.41) is 45.0. The molecule has 10 heterocycles. The largest absolute Gasteiger partial charge is 0.480 e. The van der Waals surface area contributed by atoms with E-state index in [0.717, 1.165) is 11.3 Å². The van der Waals surface area contributed by atoms with Gasteiger partial charge in [-0.25, -0.2) is 44.7 Å². The van der Waals surface area contributed by atoms with Crippen molar-refractivity contribution in [1.82, 2.24) is 75.9 Å². The van der Waals surface area contributed by atoms with Gasteiger partial charge in [-0.1, -0.05) is 44.2 Å². The van der Waals surface area contributed by atoms with E-state index in [1.165, 1.54) is 88.3 Å². The lowest BCUT2D eigenvalue weighted by atomic mass is 10.0. The van der Waals surface area contributed by atoms with Crippen LogP contribution in [-0.4, -0.2) is 134 Å². The molecule has 1 saturated heterocycles. The summed E-state index contributed by atoms with van der Waals surface area (Å²) < 4.78 is 7.02. The van der Waals surface area contributed by atoms with Crippen LogP contribution in [-0.2, 0) is 25.7 Å². The Bertz CT molecular complexity index is 4090. The summed E-state index contributed by atoms with van der Waals surface area (Å²) in [5.41, 5.74) is 2.75. The van der Waals surface area contributed by atoms with Crippen LogP contribution in [0, 0.1) is 12.8 Å². The summed E-state index contributed by atoms with van der Waals surface area (Å²) in [7, 11) is 2.94. The Kier molecular flexibility index (Phi) is 17.9. The van der Waals surface area contributed by atoms with E-state index in [1.54, 1.807) is 75.5 Å². The van der Waals surface area contributed by atoms with Crippen molar-refractivity contribution < 1.29 is 48.5 Å².